The number of ether oxygens (including phenoxy) is 2. The molecular formula is C18H24FN3O2. The highest BCUT2D eigenvalue weighted by molar-refractivity contribution is 5.63. The van der Waals surface area contributed by atoms with Gasteiger partial charge in [-0.25, -0.2) is 4.39 Å². The first-order valence-corrected chi connectivity index (χ1v) is 8.28. The minimum atomic E-state index is -0.367. The molecule has 6 heteroatoms. The number of rotatable bonds is 6. The number of aromatic amines is 1. The van der Waals surface area contributed by atoms with E-state index in [1.165, 1.54) is 26.0 Å². The van der Waals surface area contributed by atoms with E-state index in [0.29, 0.717) is 5.92 Å². The zero-order valence-electron chi connectivity index (χ0n) is 14.2. The monoisotopic (exact) mass is 333 g/mol. The van der Waals surface area contributed by atoms with Crippen LogP contribution in [0.25, 0.3) is 11.3 Å². The van der Waals surface area contributed by atoms with Crippen molar-refractivity contribution < 1.29 is 13.9 Å². The summed E-state index contributed by atoms with van der Waals surface area (Å²) in [5.41, 5.74) is 2.73. The molecule has 1 unspecified atom stereocenters. The van der Waals surface area contributed by atoms with E-state index in [2.05, 4.69) is 15.1 Å². The molecule has 0 spiro atoms. The summed E-state index contributed by atoms with van der Waals surface area (Å²) in [5, 5.41) is 7.17. The Bertz CT molecular complexity index is 672. The van der Waals surface area contributed by atoms with Gasteiger partial charge in [-0.3, -0.25) is 10.00 Å². The van der Waals surface area contributed by atoms with Crippen LogP contribution in [0.2, 0.25) is 0 Å². The number of hydrogen-bond acceptors (Lipinski definition) is 4. The van der Waals surface area contributed by atoms with Crippen molar-refractivity contribution in [3.63, 3.8) is 0 Å². The summed E-state index contributed by atoms with van der Waals surface area (Å²) in [6.07, 6.45) is 4.22. The first-order valence-electron chi connectivity index (χ1n) is 8.28. The molecule has 1 aromatic heterocycles. The molecular weight excluding hydrogens is 309 g/mol. The summed E-state index contributed by atoms with van der Waals surface area (Å²) in [5.74, 6) is 0.462. The summed E-state index contributed by atoms with van der Waals surface area (Å²) in [6, 6.07) is 4.98. The quantitative estimate of drug-likeness (QED) is 0.883. The van der Waals surface area contributed by atoms with Crippen LogP contribution in [0.3, 0.4) is 0 Å². The number of likely N-dealkylation sites (tertiary alicyclic amines) is 1. The summed E-state index contributed by atoms with van der Waals surface area (Å²) < 4.78 is 24.3. The Labute approximate surface area is 141 Å². The summed E-state index contributed by atoms with van der Waals surface area (Å²) in [4.78, 5) is 2.42. The van der Waals surface area contributed by atoms with E-state index in [4.69, 9.17) is 9.47 Å². The van der Waals surface area contributed by atoms with Gasteiger partial charge in [0.05, 0.1) is 25.6 Å². The molecule has 1 aliphatic rings. The number of methoxy groups -OCH3 is 2. The predicted octanol–water partition coefficient (Wildman–Crippen LogP) is 3.08. The molecule has 5 nitrogen and oxygen atoms in total. The van der Waals surface area contributed by atoms with Crippen LogP contribution in [-0.4, -0.2) is 49.0 Å². The Morgan fingerprint density at radius 1 is 1.38 bits per heavy atom. The molecule has 0 aliphatic carbocycles. The minimum Gasteiger partial charge on any atom is -0.494 e. The van der Waals surface area contributed by atoms with E-state index in [0.717, 1.165) is 43.1 Å². The fourth-order valence-corrected chi connectivity index (χ4v) is 3.41. The van der Waals surface area contributed by atoms with E-state index in [-0.39, 0.29) is 11.6 Å². The lowest BCUT2D eigenvalue weighted by Gasteiger charge is -2.32. The van der Waals surface area contributed by atoms with Gasteiger partial charge in [-0.05, 0) is 43.5 Å². The Morgan fingerprint density at radius 2 is 2.25 bits per heavy atom. The van der Waals surface area contributed by atoms with Gasteiger partial charge in [-0.1, -0.05) is 0 Å². The molecule has 2 aromatic rings. The number of H-pyrrole nitrogens is 1. The lowest BCUT2D eigenvalue weighted by atomic mass is 9.98. The van der Waals surface area contributed by atoms with Crippen molar-refractivity contribution in [2.24, 2.45) is 5.92 Å². The number of piperidine rings is 1. The summed E-state index contributed by atoms with van der Waals surface area (Å²) in [6.45, 7) is 3.70. The predicted molar refractivity (Wildman–Crippen MR) is 90.4 cm³/mol. The van der Waals surface area contributed by atoms with Crippen molar-refractivity contribution in [3.05, 3.63) is 35.8 Å². The van der Waals surface area contributed by atoms with E-state index in [9.17, 15) is 4.39 Å². The van der Waals surface area contributed by atoms with E-state index in [1.807, 2.05) is 12.3 Å². The molecule has 3 rings (SSSR count). The van der Waals surface area contributed by atoms with Gasteiger partial charge in [0.25, 0.3) is 0 Å². The van der Waals surface area contributed by atoms with Crippen LogP contribution in [0.15, 0.2) is 24.4 Å². The highest BCUT2D eigenvalue weighted by atomic mass is 19.1. The fraction of sp³-hybridized carbons (Fsp3) is 0.500. The molecule has 2 heterocycles. The van der Waals surface area contributed by atoms with Crippen molar-refractivity contribution in [3.8, 4) is 17.0 Å². The Balaban J connectivity index is 1.74. The number of benzene rings is 1. The highest BCUT2D eigenvalue weighted by Crippen LogP contribution is 2.28. The number of halogens is 1. The van der Waals surface area contributed by atoms with Crippen LogP contribution in [0.5, 0.6) is 5.75 Å². The maximum absolute atomic E-state index is 14.0. The first-order chi connectivity index (χ1) is 11.7. The Kier molecular flexibility index (Phi) is 5.48. The second-order valence-corrected chi connectivity index (χ2v) is 6.32. The molecule has 1 N–H and O–H groups in total. The largest absolute Gasteiger partial charge is 0.494 e. The van der Waals surface area contributed by atoms with Gasteiger partial charge in [0.1, 0.15) is 0 Å². The van der Waals surface area contributed by atoms with Gasteiger partial charge >= 0.3 is 0 Å². The van der Waals surface area contributed by atoms with Crippen LogP contribution in [0, 0.1) is 11.7 Å². The van der Waals surface area contributed by atoms with Gasteiger partial charge in [-0.2, -0.15) is 5.10 Å². The number of nitrogens with zero attached hydrogens (tertiary/aromatic N) is 2. The molecule has 0 radical (unpaired) electrons. The van der Waals surface area contributed by atoms with E-state index >= 15 is 0 Å². The van der Waals surface area contributed by atoms with Crippen LogP contribution < -0.4 is 4.74 Å². The fourth-order valence-electron chi connectivity index (χ4n) is 3.41. The third kappa shape index (κ3) is 3.76. The lowest BCUT2D eigenvalue weighted by Crippen LogP contribution is -2.36. The van der Waals surface area contributed by atoms with Crippen LogP contribution >= 0.6 is 0 Å². The second-order valence-electron chi connectivity index (χ2n) is 6.32. The SMILES string of the molecule is COCC1CCCN(Cc2cn[nH]c2-c2ccc(OC)c(F)c2)C1. The van der Waals surface area contributed by atoms with Gasteiger partial charge in [0.15, 0.2) is 11.6 Å². The average molecular weight is 333 g/mol. The average Bonchev–Trinajstić information content (AvgIpc) is 3.03. The third-order valence-electron chi connectivity index (χ3n) is 4.56. The first kappa shape index (κ1) is 16.9. The third-order valence-corrected chi connectivity index (χ3v) is 4.56. The standard InChI is InChI=1S/C18H24FN3O2/c1-23-12-13-4-3-7-22(10-13)11-15-9-20-21-18(15)14-5-6-17(24-2)16(19)8-14/h5-6,8-9,13H,3-4,7,10-12H2,1-2H3,(H,20,21). The topological polar surface area (TPSA) is 50.4 Å². The number of hydrogen-bond donors (Lipinski definition) is 1. The zero-order valence-corrected chi connectivity index (χ0v) is 14.2. The second kappa shape index (κ2) is 7.77. The highest BCUT2D eigenvalue weighted by Gasteiger charge is 2.21. The normalized spacial score (nSPS) is 18.7. The van der Waals surface area contributed by atoms with Crippen molar-refractivity contribution >= 4 is 0 Å². The lowest BCUT2D eigenvalue weighted by molar-refractivity contribution is 0.0874. The molecule has 0 saturated carbocycles. The van der Waals surface area contributed by atoms with Gasteiger partial charge in [-0.15, -0.1) is 0 Å². The smallest absolute Gasteiger partial charge is 0.165 e. The molecule has 1 aromatic carbocycles. The maximum atomic E-state index is 14.0. The van der Waals surface area contributed by atoms with Crippen molar-refractivity contribution in [1.29, 1.82) is 0 Å². The van der Waals surface area contributed by atoms with Crippen LogP contribution in [0.4, 0.5) is 4.39 Å². The molecule has 24 heavy (non-hydrogen) atoms. The Hall–Kier alpha value is -1.92. The summed E-state index contributed by atoms with van der Waals surface area (Å²) in [7, 11) is 3.22. The molecule has 0 bridgehead atoms. The molecule has 1 aliphatic heterocycles. The molecule has 1 atom stereocenters. The van der Waals surface area contributed by atoms with Gasteiger partial charge < -0.3 is 9.47 Å². The molecule has 130 valence electrons. The van der Waals surface area contributed by atoms with Crippen molar-refractivity contribution in [2.45, 2.75) is 19.4 Å². The maximum Gasteiger partial charge on any atom is 0.165 e. The van der Waals surface area contributed by atoms with E-state index in [1.54, 1.807) is 13.2 Å². The molecule has 0 amide bonds. The van der Waals surface area contributed by atoms with Gasteiger partial charge in [0, 0.05) is 31.3 Å². The van der Waals surface area contributed by atoms with Crippen molar-refractivity contribution in [2.75, 3.05) is 33.9 Å². The van der Waals surface area contributed by atoms with Crippen LogP contribution in [-0.2, 0) is 11.3 Å². The van der Waals surface area contributed by atoms with Crippen LogP contribution in [0.1, 0.15) is 18.4 Å². The summed E-state index contributed by atoms with van der Waals surface area (Å²) >= 11 is 0. The zero-order chi connectivity index (χ0) is 16.9. The van der Waals surface area contributed by atoms with E-state index < -0.39 is 0 Å². The van der Waals surface area contributed by atoms with Gasteiger partial charge in [0.2, 0.25) is 0 Å². The molecule has 1 saturated heterocycles. The number of nitrogens with one attached hydrogen (secondary N) is 1. The Morgan fingerprint density at radius 3 is 3.00 bits per heavy atom. The molecule has 1 fully saturated rings. The van der Waals surface area contributed by atoms with Crippen molar-refractivity contribution in [1.82, 2.24) is 15.1 Å². The minimum absolute atomic E-state index is 0.248. The number of aromatic nitrogens is 2.